The first-order chi connectivity index (χ1) is 16.3. The Balaban J connectivity index is 1.95. The Labute approximate surface area is 216 Å². The Bertz CT molecular complexity index is 1320. The van der Waals surface area contributed by atoms with E-state index < -0.39 is 22.4 Å². The van der Waals surface area contributed by atoms with Crippen LogP contribution in [0.2, 0.25) is 0 Å². The number of pyridine rings is 1. The van der Waals surface area contributed by atoms with Crippen LogP contribution >= 0.6 is 34.3 Å². The van der Waals surface area contributed by atoms with Crippen molar-refractivity contribution in [1.29, 1.82) is 0 Å². The van der Waals surface area contributed by atoms with Gasteiger partial charge in [0.05, 0.1) is 22.0 Å². The van der Waals surface area contributed by atoms with Crippen LogP contribution in [0.25, 0.3) is 10.2 Å². The molecule has 0 radical (unpaired) electrons. The van der Waals surface area contributed by atoms with E-state index in [0.29, 0.717) is 16.1 Å². The number of ether oxygens (including phenoxy) is 1. The number of hydrogen-bond donors (Lipinski definition) is 0. The minimum Gasteiger partial charge on any atom is -0.490 e. The maximum Gasteiger partial charge on any atom is 0.409 e. The number of thiazole rings is 1. The minimum atomic E-state index is -4.11. The van der Waals surface area contributed by atoms with Gasteiger partial charge in [-0.1, -0.05) is 37.7 Å². The van der Waals surface area contributed by atoms with Gasteiger partial charge in [-0.05, 0) is 43.5 Å². The van der Waals surface area contributed by atoms with Crippen molar-refractivity contribution in [1.82, 2.24) is 9.55 Å². The van der Waals surface area contributed by atoms with E-state index in [-0.39, 0.29) is 6.61 Å². The summed E-state index contributed by atoms with van der Waals surface area (Å²) in [6, 6.07) is 7.21. The van der Waals surface area contributed by atoms with Crippen LogP contribution in [0.3, 0.4) is 0 Å². The Kier molecular flexibility index (Phi) is 9.59. The molecule has 0 fully saturated rings. The number of nitrogens with zero attached hydrogens (tertiary/aromatic N) is 3. The highest BCUT2D eigenvalue weighted by Gasteiger charge is 2.19. The summed E-state index contributed by atoms with van der Waals surface area (Å²) in [5.74, 6) is -0.135. The van der Waals surface area contributed by atoms with Crippen molar-refractivity contribution < 1.29 is 24.6 Å². The van der Waals surface area contributed by atoms with Crippen LogP contribution < -0.4 is 9.54 Å². The summed E-state index contributed by atoms with van der Waals surface area (Å²) in [5.41, 5.74) is 2.20. The molecule has 0 N–H and O–H groups in total. The smallest absolute Gasteiger partial charge is 0.409 e. The van der Waals surface area contributed by atoms with E-state index in [1.165, 1.54) is 41.3 Å². The maximum absolute atomic E-state index is 13.3. The van der Waals surface area contributed by atoms with E-state index in [2.05, 4.69) is 19.4 Å². The Morgan fingerprint density at radius 2 is 2.09 bits per heavy atom. The number of aryl methyl sites for hydroxylation is 2. The zero-order chi connectivity index (χ0) is 24.7. The van der Waals surface area contributed by atoms with Gasteiger partial charge in [0.25, 0.3) is 5.91 Å². The fourth-order valence-electron chi connectivity index (χ4n) is 3.22. The first-order valence-corrected chi connectivity index (χ1v) is 13.8. The average Bonchev–Trinajstić information content (AvgIpc) is 3.17. The number of aromatic nitrogens is 2. The molecule has 1 atom stereocenters. The van der Waals surface area contributed by atoms with Gasteiger partial charge in [-0.2, -0.15) is 15.9 Å². The summed E-state index contributed by atoms with van der Waals surface area (Å²) in [4.78, 5) is 22.6. The quantitative estimate of drug-likeness (QED) is 0.289. The van der Waals surface area contributed by atoms with E-state index >= 15 is 0 Å². The highest BCUT2D eigenvalue weighted by atomic mass is 127. The summed E-state index contributed by atoms with van der Waals surface area (Å²) in [7, 11) is -4.11. The third-order valence-corrected chi connectivity index (χ3v) is 8.03. The molecule has 2 heterocycles. The third-order valence-electron chi connectivity index (χ3n) is 4.93. The highest BCUT2D eigenvalue weighted by molar-refractivity contribution is 14.1. The number of rotatable bonds is 11. The van der Waals surface area contributed by atoms with E-state index in [1.807, 2.05) is 23.6 Å². The van der Waals surface area contributed by atoms with Crippen molar-refractivity contribution >= 4 is 60.9 Å². The molecule has 0 aliphatic carbocycles. The molecule has 0 aliphatic heterocycles. The Morgan fingerprint density at radius 1 is 1.29 bits per heavy atom. The molecule has 34 heavy (non-hydrogen) atoms. The van der Waals surface area contributed by atoms with E-state index in [4.69, 9.17) is 8.92 Å². The van der Waals surface area contributed by atoms with Crippen LogP contribution in [0.1, 0.15) is 49.5 Å². The number of unbranched alkanes of at least 4 members (excludes halogenated alkanes) is 1. The lowest BCUT2D eigenvalue weighted by Gasteiger charge is -2.15. The summed E-state index contributed by atoms with van der Waals surface area (Å²) in [6.07, 6.45) is 5.37. The molecule has 0 saturated carbocycles. The number of amides is 1. The average molecular weight is 620 g/mol. The van der Waals surface area contributed by atoms with Crippen molar-refractivity contribution in [3.8, 4) is 5.75 Å². The molecule has 3 aromatic rings. The SMILES string of the molecule is CCCCn1c(=NC(=O)c2cc(CC)ccc2OC[C@H](C)OS(=O)(=O)OI)sc2ccncc21. The van der Waals surface area contributed by atoms with Crippen molar-refractivity contribution in [2.45, 2.75) is 52.7 Å². The van der Waals surface area contributed by atoms with Gasteiger partial charge in [0, 0.05) is 12.7 Å². The fourth-order valence-corrected chi connectivity index (χ4v) is 4.99. The standard InChI is InChI=1S/C22H26IN3O6S2/c1-4-6-11-26-18-13-24-10-9-20(18)33-22(26)25-21(27)17-12-16(5-2)7-8-19(17)30-14-15(3)31-34(28,29)32-23/h7-10,12-13,15H,4-6,11,14H2,1-3H3/t15-/m0/s1. The number of benzene rings is 1. The molecular weight excluding hydrogens is 593 g/mol. The van der Waals surface area contributed by atoms with Gasteiger partial charge in [-0.25, -0.2) is 4.18 Å². The molecule has 0 saturated heterocycles. The van der Waals surface area contributed by atoms with Crippen LogP contribution in [0.4, 0.5) is 0 Å². The molecule has 1 amide bonds. The molecule has 184 valence electrons. The summed E-state index contributed by atoms with van der Waals surface area (Å²) in [6.45, 7) is 6.26. The highest BCUT2D eigenvalue weighted by Crippen LogP contribution is 2.23. The second-order valence-electron chi connectivity index (χ2n) is 7.52. The molecule has 1 aromatic carbocycles. The van der Waals surface area contributed by atoms with Gasteiger partial charge in [-0.3, -0.25) is 9.78 Å². The van der Waals surface area contributed by atoms with Crippen LogP contribution in [-0.2, 0) is 30.1 Å². The van der Waals surface area contributed by atoms with Crippen LogP contribution in [-0.4, -0.2) is 36.6 Å². The van der Waals surface area contributed by atoms with Crippen LogP contribution in [0.15, 0.2) is 41.7 Å². The van der Waals surface area contributed by atoms with Crippen LogP contribution in [0.5, 0.6) is 5.75 Å². The molecule has 0 spiro atoms. The molecule has 0 bridgehead atoms. The Morgan fingerprint density at radius 3 is 2.79 bits per heavy atom. The van der Waals surface area contributed by atoms with Gasteiger partial charge in [0.2, 0.25) is 0 Å². The summed E-state index contributed by atoms with van der Waals surface area (Å²) in [5, 5.41) is 0. The number of carbonyl (C=O) groups is 1. The van der Waals surface area contributed by atoms with Crippen molar-refractivity contribution in [3.05, 3.63) is 52.6 Å². The molecule has 0 unspecified atom stereocenters. The normalized spacial score (nSPS) is 13.4. The summed E-state index contributed by atoms with van der Waals surface area (Å²) < 4.78 is 40.9. The zero-order valence-electron chi connectivity index (χ0n) is 19.1. The molecule has 9 nitrogen and oxygen atoms in total. The first kappa shape index (κ1) is 26.7. The predicted octanol–water partition coefficient (Wildman–Crippen LogP) is 4.60. The minimum absolute atomic E-state index is 0.101. The fraction of sp³-hybridized carbons (Fsp3) is 0.409. The van der Waals surface area contributed by atoms with Gasteiger partial charge >= 0.3 is 10.4 Å². The molecule has 12 heteroatoms. The lowest BCUT2D eigenvalue weighted by molar-refractivity contribution is 0.0986. The van der Waals surface area contributed by atoms with Gasteiger partial charge in [-0.15, -0.1) is 0 Å². The van der Waals surface area contributed by atoms with Crippen LogP contribution in [0, 0.1) is 0 Å². The second kappa shape index (κ2) is 12.2. The largest absolute Gasteiger partial charge is 0.490 e. The summed E-state index contributed by atoms with van der Waals surface area (Å²) >= 11 is 2.67. The van der Waals surface area contributed by atoms with Gasteiger partial charge < -0.3 is 9.30 Å². The predicted molar refractivity (Wildman–Crippen MR) is 138 cm³/mol. The third kappa shape index (κ3) is 6.84. The lowest BCUT2D eigenvalue weighted by atomic mass is 10.1. The number of halogens is 1. The monoisotopic (exact) mass is 619 g/mol. The lowest BCUT2D eigenvalue weighted by Crippen LogP contribution is -2.22. The molecular formula is C22H26IN3O6S2. The maximum atomic E-state index is 13.3. The second-order valence-corrected chi connectivity index (χ2v) is 10.7. The topological polar surface area (TPSA) is 109 Å². The van der Waals surface area contributed by atoms with E-state index in [1.54, 1.807) is 24.5 Å². The van der Waals surface area contributed by atoms with Crippen molar-refractivity contribution in [3.63, 3.8) is 0 Å². The Hall–Kier alpha value is -1.87. The number of carbonyl (C=O) groups excluding carboxylic acids is 1. The van der Waals surface area contributed by atoms with E-state index in [9.17, 15) is 13.2 Å². The van der Waals surface area contributed by atoms with Gasteiger partial charge in [0.1, 0.15) is 41.5 Å². The van der Waals surface area contributed by atoms with Crippen molar-refractivity contribution in [2.24, 2.45) is 4.99 Å². The van der Waals surface area contributed by atoms with E-state index in [0.717, 1.165) is 41.6 Å². The van der Waals surface area contributed by atoms with Crippen molar-refractivity contribution in [2.75, 3.05) is 6.61 Å². The molecule has 2 aromatic heterocycles. The zero-order valence-corrected chi connectivity index (χ0v) is 22.9. The first-order valence-electron chi connectivity index (χ1n) is 10.8. The number of hydrogen-bond acceptors (Lipinski definition) is 8. The molecule has 0 aliphatic rings. The molecule has 3 rings (SSSR count). The number of fused-ring (bicyclic) bond motifs is 1. The van der Waals surface area contributed by atoms with Gasteiger partial charge in [0.15, 0.2) is 4.80 Å².